The van der Waals surface area contributed by atoms with Gasteiger partial charge in [0.2, 0.25) is 0 Å². The molecule has 0 saturated heterocycles. The number of pyridine rings is 1. The molecule has 0 fully saturated rings. The number of nitrogens with zero attached hydrogens (tertiary/aromatic N) is 1. The van der Waals surface area contributed by atoms with Gasteiger partial charge in [-0.1, -0.05) is 94.3 Å². The maximum absolute atomic E-state index is 5.16. The van der Waals surface area contributed by atoms with Crippen molar-refractivity contribution in [3.63, 3.8) is 0 Å². The molecule has 0 radical (unpaired) electrons. The molecule has 0 aliphatic carbocycles. The van der Waals surface area contributed by atoms with Crippen LogP contribution in [0.4, 0.5) is 0 Å². The zero-order valence-electron chi connectivity index (χ0n) is 16.3. The molecule has 0 spiro atoms. The Labute approximate surface area is 158 Å². The summed E-state index contributed by atoms with van der Waals surface area (Å²) in [4.78, 5) is 5.16. The molecule has 3 rings (SSSR count). The number of rotatable bonds is 7. The van der Waals surface area contributed by atoms with E-state index in [4.69, 9.17) is 4.98 Å². The van der Waals surface area contributed by atoms with Crippen LogP contribution in [0.3, 0.4) is 0 Å². The molecule has 1 nitrogen and oxygen atoms in total. The van der Waals surface area contributed by atoms with Gasteiger partial charge >= 0.3 is 0 Å². The van der Waals surface area contributed by atoms with Crippen molar-refractivity contribution < 1.29 is 0 Å². The van der Waals surface area contributed by atoms with E-state index in [-0.39, 0.29) is 0 Å². The summed E-state index contributed by atoms with van der Waals surface area (Å²) >= 11 is 0. The van der Waals surface area contributed by atoms with Crippen molar-refractivity contribution in [3.8, 4) is 22.3 Å². The summed E-state index contributed by atoms with van der Waals surface area (Å²) in [5, 5.41) is 0. The zero-order chi connectivity index (χ0) is 18.4. The summed E-state index contributed by atoms with van der Waals surface area (Å²) in [7, 11) is 0. The van der Waals surface area contributed by atoms with Gasteiger partial charge in [0.25, 0.3) is 0 Å². The largest absolute Gasteiger partial charge is 0.257 e. The Bertz CT molecular complexity index is 835. The molecule has 134 valence electrons. The lowest BCUT2D eigenvalue weighted by atomic mass is 9.86. The van der Waals surface area contributed by atoms with Gasteiger partial charge in [-0.05, 0) is 41.5 Å². The Morgan fingerprint density at radius 3 is 1.65 bits per heavy atom. The third kappa shape index (κ3) is 3.72. The first-order valence-corrected chi connectivity index (χ1v) is 9.95. The molecule has 0 N–H and O–H groups in total. The number of benzene rings is 2. The lowest BCUT2D eigenvalue weighted by Gasteiger charge is -2.22. The van der Waals surface area contributed by atoms with Gasteiger partial charge in [-0.25, -0.2) is 0 Å². The molecule has 0 bridgehead atoms. The summed E-state index contributed by atoms with van der Waals surface area (Å²) in [6.45, 7) is 6.73. The Kier molecular flexibility index (Phi) is 6.22. The van der Waals surface area contributed by atoms with Crippen molar-refractivity contribution in [3.05, 3.63) is 77.6 Å². The predicted molar refractivity (Wildman–Crippen MR) is 112 cm³/mol. The number of hydrogen-bond acceptors (Lipinski definition) is 1. The first-order valence-electron chi connectivity index (χ1n) is 9.95. The second-order valence-corrected chi connectivity index (χ2v) is 6.82. The molecular formula is C25H29N. The van der Waals surface area contributed by atoms with Crippen molar-refractivity contribution in [2.75, 3.05) is 0 Å². The molecule has 0 amide bonds. The Morgan fingerprint density at radius 1 is 0.615 bits per heavy atom. The summed E-state index contributed by atoms with van der Waals surface area (Å²) in [6, 6.07) is 21.7. The molecule has 1 heteroatoms. The van der Waals surface area contributed by atoms with Gasteiger partial charge in [0, 0.05) is 17.0 Å². The van der Waals surface area contributed by atoms with E-state index in [1.807, 2.05) is 0 Å². The molecule has 0 unspecified atom stereocenters. The monoisotopic (exact) mass is 343 g/mol. The van der Waals surface area contributed by atoms with Gasteiger partial charge in [0.1, 0.15) is 0 Å². The maximum atomic E-state index is 5.16. The van der Waals surface area contributed by atoms with Crippen LogP contribution < -0.4 is 0 Å². The average Bonchev–Trinajstić information content (AvgIpc) is 2.70. The highest BCUT2D eigenvalue weighted by molar-refractivity contribution is 5.87. The molecular weight excluding hydrogens is 314 g/mol. The van der Waals surface area contributed by atoms with E-state index in [0.29, 0.717) is 0 Å². The third-order valence-corrected chi connectivity index (χ3v) is 4.91. The van der Waals surface area contributed by atoms with Crippen molar-refractivity contribution in [1.29, 1.82) is 0 Å². The van der Waals surface area contributed by atoms with Gasteiger partial charge in [-0.3, -0.25) is 4.98 Å². The molecule has 1 heterocycles. The zero-order valence-corrected chi connectivity index (χ0v) is 16.3. The van der Waals surface area contributed by atoms with Crippen LogP contribution in [0.15, 0.2) is 60.7 Å². The smallest absolute Gasteiger partial charge is 0.0488 e. The highest BCUT2D eigenvalue weighted by atomic mass is 14.7. The quantitative estimate of drug-likeness (QED) is 0.455. The number of hydrogen-bond donors (Lipinski definition) is 0. The van der Waals surface area contributed by atoms with Crippen LogP contribution in [0, 0.1) is 0 Å². The van der Waals surface area contributed by atoms with E-state index in [1.165, 1.54) is 39.2 Å². The highest BCUT2D eigenvalue weighted by Gasteiger charge is 2.20. The minimum Gasteiger partial charge on any atom is -0.257 e. The fourth-order valence-corrected chi connectivity index (χ4v) is 3.78. The van der Waals surface area contributed by atoms with Crippen molar-refractivity contribution in [2.45, 2.75) is 52.9 Å². The minimum atomic E-state index is 0.952. The lowest BCUT2D eigenvalue weighted by molar-refractivity contribution is 0.816. The SMILES string of the molecule is CCCc1nc(CC)c(-c2ccccc2)c(-c2ccccc2)c1CCC. The summed E-state index contributed by atoms with van der Waals surface area (Å²) in [6.07, 6.45) is 5.35. The Morgan fingerprint density at radius 2 is 1.15 bits per heavy atom. The van der Waals surface area contributed by atoms with E-state index in [1.54, 1.807) is 0 Å². The number of aromatic nitrogens is 1. The summed E-state index contributed by atoms with van der Waals surface area (Å²) in [5.41, 5.74) is 9.26. The second-order valence-electron chi connectivity index (χ2n) is 6.82. The van der Waals surface area contributed by atoms with Crippen LogP contribution >= 0.6 is 0 Å². The molecule has 0 atom stereocenters. The topological polar surface area (TPSA) is 12.9 Å². The van der Waals surface area contributed by atoms with E-state index < -0.39 is 0 Å². The normalized spacial score (nSPS) is 10.9. The fourth-order valence-electron chi connectivity index (χ4n) is 3.78. The van der Waals surface area contributed by atoms with Gasteiger partial charge in [-0.15, -0.1) is 0 Å². The van der Waals surface area contributed by atoms with Crippen LogP contribution in [0.1, 0.15) is 50.6 Å². The third-order valence-electron chi connectivity index (χ3n) is 4.91. The van der Waals surface area contributed by atoms with Gasteiger partial charge < -0.3 is 0 Å². The molecule has 26 heavy (non-hydrogen) atoms. The molecule has 0 saturated carbocycles. The molecule has 0 aliphatic rings. The van der Waals surface area contributed by atoms with Crippen molar-refractivity contribution >= 4 is 0 Å². The average molecular weight is 344 g/mol. The first kappa shape index (κ1) is 18.4. The van der Waals surface area contributed by atoms with Crippen molar-refractivity contribution in [2.24, 2.45) is 0 Å². The standard InChI is InChI=1S/C25H29N/c1-4-13-21-23(14-5-2)26-22(6-3)25(20-17-11-8-12-18-20)24(21)19-15-9-7-10-16-19/h7-12,15-18H,4-6,13-14H2,1-3H3. The van der Waals surface area contributed by atoms with Crippen LogP contribution in [0.2, 0.25) is 0 Å². The van der Waals surface area contributed by atoms with Gasteiger partial charge in [0.15, 0.2) is 0 Å². The van der Waals surface area contributed by atoms with E-state index in [2.05, 4.69) is 81.4 Å². The number of aryl methyl sites for hydroxylation is 2. The van der Waals surface area contributed by atoms with E-state index in [9.17, 15) is 0 Å². The van der Waals surface area contributed by atoms with Crippen LogP contribution in [0.25, 0.3) is 22.3 Å². The second kappa shape index (κ2) is 8.80. The summed E-state index contributed by atoms with van der Waals surface area (Å²) in [5.74, 6) is 0. The van der Waals surface area contributed by atoms with Gasteiger partial charge in [0.05, 0.1) is 0 Å². The Balaban J connectivity index is 2.39. The maximum Gasteiger partial charge on any atom is 0.0488 e. The molecule has 2 aromatic carbocycles. The van der Waals surface area contributed by atoms with E-state index >= 15 is 0 Å². The van der Waals surface area contributed by atoms with Gasteiger partial charge in [-0.2, -0.15) is 0 Å². The summed E-state index contributed by atoms with van der Waals surface area (Å²) < 4.78 is 0. The van der Waals surface area contributed by atoms with Crippen LogP contribution in [0.5, 0.6) is 0 Å². The van der Waals surface area contributed by atoms with Crippen molar-refractivity contribution in [1.82, 2.24) is 4.98 Å². The van der Waals surface area contributed by atoms with E-state index in [0.717, 1.165) is 32.1 Å². The molecule has 0 aliphatic heterocycles. The van der Waals surface area contributed by atoms with Crippen LogP contribution in [-0.2, 0) is 19.3 Å². The first-order chi connectivity index (χ1) is 12.8. The minimum absolute atomic E-state index is 0.952. The predicted octanol–water partition coefficient (Wildman–Crippen LogP) is 6.88. The fraction of sp³-hybridized carbons (Fsp3) is 0.320. The lowest BCUT2D eigenvalue weighted by Crippen LogP contribution is -2.07. The molecule has 3 aromatic rings. The van der Waals surface area contributed by atoms with Crippen LogP contribution in [-0.4, -0.2) is 4.98 Å². The molecule has 1 aromatic heterocycles. The highest BCUT2D eigenvalue weighted by Crippen LogP contribution is 2.39. The Hall–Kier alpha value is -2.41.